The van der Waals surface area contributed by atoms with Crippen LogP contribution in [-0.4, -0.2) is 21.9 Å². The number of hydrogen-bond donors (Lipinski definition) is 2. The SMILES string of the molecule is CC(C)C[C@@](C)(O)[C@H]1CC[C@H]2[C@@H]3CC=C4C[C@@H](O)CC[C@]4(C)[C@H]3CC[C@@]21C. The van der Waals surface area contributed by atoms with E-state index >= 15 is 0 Å². The molecule has 0 unspecified atom stereocenters. The molecular weight excluding hydrogens is 332 g/mol. The first-order valence-corrected chi connectivity index (χ1v) is 11.7. The van der Waals surface area contributed by atoms with Gasteiger partial charge in [0.05, 0.1) is 11.7 Å². The predicted octanol–water partition coefficient (Wildman–Crippen LogP) is 5.72. The van der Waals surface area contributed by atoms with E-state index in [1.807, 2.05) is 0 Å². The first-order valence-electron chi connectivity index (χ1n) is 11.7. The molecule has 8 atom stereocenters. The summed E-state index contributed by atoms with van der Waals surface area (Å²) in [6, 6.07) is 0. The van der Waals surface area contributed by atoms with E-state index in [0.717, 1.165) is 37.0 Å². The molecule has 0 radical (unpaired) electrons. The van der Waals surface area contributed by atoms with Gasteiger partial charge in [-0.15, -0.1) is 0 Å². The van der Waals surface area contributed by atoms with Crippen LogP contribution in [0.5, 0.6) is 0 Å². The fraction of sp³-hybridized carbons (Fsp3) is 0.920. The monoisotopic (exact) mass is 374 g/mol. The molecule has 0 aromatic carbocycles. The molecule has 0 saturated heterocycles. The van der Waals surface area contributed by atoms with Crippen LogP contribution in [0.1, 0.15) is 92.4 Å². The second-order valence-electron chi connectivity index (χ2n) is 11.8. The average Bonchev–Trinajstić information content (AvgIpc) is 2.92. The Kier molecular flexibility index (Phi) is 4.87. The van der Waals surface area contributed by atoms with Crippen molar-refractivity contribution in [3.05, 3.63) is 11.6 Å². The highest BCUT2D eigenvalue weighted by atomic mass is 16.3. The minimum Gasteiger partial charge on any atom is -0.393 e. The van der Waals surface area contributed by atoms with Crippen LogP contribution in [0.15, 0.2) is 11.6 Å². The Morgan fingerprint density at radius 1 is 1.11 bits per heavy atom. The van der Waals surface area contributed by atoms with E-state index < -0.39 is 5.60 Å². The summed E-state index contributed by atoms with van der Waals surface area (Å²) < 4.78 is 0. The number of aliphatic hydroxyl groups excluding tert-OH is 1. The van der Waals surface area contributed by atoms with E-state index in [-0.39, 0.29) is 6.10 Å². The van der Waals surface area contributed by atoms with Gasteiger partial charge in [0.25, 0.3) is 0 Å². The number of aliphatic hydroxyl groups is 2. The molecule has 2 N–H and O–H groups in total. The van der Waals surface area contributed by atoms with Crippen molar-refractivity contribution in [1.29, 1.82) is 0 Å². The third-order valence-corrected chi connectivity index (χ3v) is 9.65. The van der Waals surface area contributed by atoms with Crippen molar-refractivity contribution in [3.8, 4) is 0 Å². The van der Waals surface area contributed by atoms with Crippen LogP contribution in [0.3, 0.4) is 0 Å². The number of allylic oxidation sites excluding steroid dienone is 1. The molecule has 27 heavy (non-hydrogen) atoms. The van der Waals surface area contributed by atoms with Gasteiger partial charge in [-0.05, 0) is 105 Å². The molecule has 4 aliphatic rings. The van der Waals surface area contributed by atoms with Gasteiger partial charge >= 0.3 is 0 Å². The zero-order valence-corrected chi connectivity index (χ0v) is 18.3. The molecule has 0 bridgehead atoms. The lowest BCUT2D eigenvalue weighted by atomic mass is 9.46. The minimum absolute atomic E-state index is 0.114. The van der Waals surface area contributed by atoms with Crippen LogP contribution < -0.4 is 0 Å². The number of hydrogen-bond acceptors (Lipinski definition) is 2. The third kappa shape index (κ3) is 3.05. The first-order chi connectivity index (χ1) is 12.6. The second-order valence-corrected chi connectivity index (χ2v) is 11.8. The Hall–Kier alpha value is -0.340. The minimum atomic E-state index is -0.529. The van der Waals surface area contributed by atoms with Gasteiger partial charge in [0, 0.05) is 0 Å². The first kappa shape index (κ1) is 20.0. The quantitative estimate of drug-likeness (QED) is 0.620. The summed E-state index contributed by atoms with van der Waals surface area (Å²) >= 11 is 0. The Morgan fingerprint density at radius 3 is 2.56 bits per heavy atom. The van der Waals surface area contributed by atoms with E-state index in [1.54, 1.807) is 5.57 Å². The molecule has 0 aromatic heterocycles. The Labute approximate surface area is 166 Å². The van der Waals surface area contributed by atoms with Crippen molar-refractivity contribution in [1.82, 2.24) is 0 Å². The molecule has 0 amide bonds. The zero-order chi connectivity index (χ0) is 19.6. The van der Waals surface area contributed by atoms with Crippen molar-refractivity contribution in [2.75, 3.05) is 0 Å². The van der Waals surface area contributed by atoms with Crippen LogP contribution in [0, 0.1) is 40.4 Å². The highest BCUT2D eigenvalue weighted by molar-refractivity contribution is 5.25. The van der Waals surface area contributed by atoms with Crippen molar-refractivity contribution in [3.63, 3.8) is 0 Å². The van der Waals surface area contributed by atoms with Crippen molar-refractivity contribution in [2.24, 2.45) is 40.4 Å². The van der Waals surface area contributed by atoms with Crippen LogP contribution in [0.25, 0.3) is 0 Å². The molecule has 0 spiro atoms. The predicted molar refractivity (Wildman–Crippen MR) is 111 cm³/mol. The molecule has 154 valence electrons. The lowest BCUT2D eigenvalue weighted by Crippen LogP contribution is -2.53. The fourth-order valence-corrected chi connectivity index (χ4v) is 8.63. The molecule has 4 aliphatic carbocycles. The fourth-order valence-electron chi connectivity index (χ4n) is 8.63. The Balaban J connectivity index is 1.61. The van der Waals surface area contributed by atoms with Crippen LogP contribution in [0.2, 0.25) is 0 Å². The lowest BCUT2D eigenvalue weighted by molar-refractivity contribution is -0.108. The van der Waals surface area contributed by atoms with Crippen LogP contribution in [-0.2, 0) is 0 Å². The lowest BCUT2D eigenvalue weighted by Gasteiger charge is -2.59. The summed E-state index contributed by atoms with van der Waals surface area (Å²) in [6.45, 7) is 11.6. The van der Waals surface area contributed by atoms with Crippen molar-refractivity contribution >= 4 is 0 Å². The smallest absolute Gasteiger partial charge is 0.0655 e. The van der Waals surface area contributed by atoms with Crippen LogP contribution in [0.4, 0.5) is 0 Å². The molecule has 4 rings (SSSR count). The van der Waals surface area contributed by atoms with Gasteiger partial charge in [-0.1, -0.05) is 39.3 Å². The molecule has 3 fully saturated rings. The van der Waals surface area contributed by atoms with Gasteiger partial charge in [0.1, 0.15) is 0 Å². The molecule has 0 heterocycles. The molecule has 3 saturated carbocycles. The maximum atomic E-state index is 11.4. The summed E-state index contributed by atoms with van der Waals surface area (Å²) in [5, 5.41) is 21.6. The molecule has 2 nitrogen and oxygen atoms in total. The highest BCUT2D eigenvalue weighted by Gasteiger charge is 2.61. The summed E-state index contributed by atoms with van der Waals surface area (Å²) in [4.78, 5) is 0. The van der Waals surface area contributed by atoms with Gasteiger partial charge in [-0.3, -0.25) is 0 Å². The molecule has 0 aliphatic heterocycles. The largest absolute Gasteiger partial charge is 0.393 e. The standard InChI is InChI=1S/C25H42O2/c1-16(2)15-25(5,27)22-9-8-20-19-7-6-17-14-18(26)10-12-23(17,3)21(19)11-13-24(20,22)4/h6,16,18-22,26-27H,7-15H2,1-5H3/t18-,19-,20-,21-,22-,23-,24-,25+/m0/s1. The van der Waals surface area contributed by atoms with Gasteiger partial charge in [-0.2, -0.15) is 0 Å². The molecule has 2 heteroatoms. The Morgan fingerprint density at radius 2 is 1.85 bits per heavy atom. The highest BCUT2D eigenvalue weighted by Crippen LogP contribution is 2.67. The maximum absolute atomic E-state index is 11.4. The maximum Gasteiger partial charge on any atom is 0.0655 e. The normalized spacial score (nSPS) is 49.0. The Bertz CT molecular complexity index is 605. The summed E-state index contributed by atoms with van der Waals surface area (Å²) in [5.74, 6) is 3.34. The van der Waals surface area contributed by atoms with Gasteiger partial charge in [-0.25, -0.2) is 0 Å². The molecular formula is C25H42O2. The van der Waals surface area contributed by atoms with E-state index in [0.29, 0.717) is 22.7 Å². The van der Waals surface area contributed by atoms with Gasteiger partial charge in [0.2, 0.25) is 0 Å². The van der Waals surface area contributed by atoms with E-state index in [1.165, 1.54) is 38.5 Å². The average molecular weight is 375 g/mol. The second kappa shape index (κ2) is 6.59. The van der Waals surface area contributed by atoms with Crippen LogP contribution >= 0.6 is 0 Å². The van der Waals surface area contributed by atoms with Crippen molar-refractivity contribution in [2.45, 2.75) is 104 Å². The van der Waals surface area contributed by atoms with Crippen molar-refractivity contribution < 1.29 is 10.2 Å². The molecule has 0 aromatic rings. The summed E-state index contributed by atoms with van der Waals surface area (Å²) in [5.41, 5.74) is 1.66. The van der Waals surface area contributed by atoms with Gasteiger partial charge in [0.15, 0.2) is 0 Å². The zero-order valence-electron chi connectivity index (χ0n) is 18.3. The third-order valence-electron chi connectivity index (χ3n) is 9.65. The summed E-state index contributed by atoms with van der Waals surface area (Å²) in [6.07, 6.45) is 12.7. The van der Waals surface area contributed by atoms with E-state index in [4.69, 9.17) is 0 Å². The topological polar surface area (TPSA) is 40.5 Å². The van der Waals surface area contributed by atoms with Gasteiger partial charge < -0.3 is 10.2 Å². The summed E-state index contributed by atoms with van der Waals surface area (Å²) in [7, 11) is 0. The van der Waals surface area contributed by atoms with E-state index in [9.17, 15) is 10.2 Å². The van der Waals surface area contributed by atoms with E-state index in [2.05, 4.69) is 40.7 Å². The number of rotatable bonds is 3. The number of fused-ring (bicyclic) bond motifs is 5.